The Hall–Kier alpha value is -0.336. The van der Waals surface area contributed by atoms with Crippen molar-refractivity contribution in [2.75, 3.05) is 13.1 Å². The summed E-state index contributed by atoms with van der Waals surface area (Å²) in [7, 11) is 0. The van der Waals surface area contributed by atoms with Crippen molar-refractivity contribution in [1.82, 2.24) is 4.42 Å². The minimum absolute atomic E-state index is 0. The molecule has 0 saturated heterocycles. The van der Waals surface area contributed by atoms with Gasteiger partial charge in [-0.15, -0.1) is 0 Å². The summed E-state index contributed by atoms with van der Waals surface area (Å²) >= 11 is 5.48. The maximum absolute atomic E-state index is 5.48. The van der Waals surface area contributed by atoms with Gasteiger partial charge in [0.2, 0.25) is 0 Å². The molecule has 0 bridgehead atoms. The van der Waals surface area contributed by atoms with Gasteiger partial charge in [0.25, 0.3) is 0 Å². The first-order valence-electron chi connectivity index (χ1n) is 5.55. The molecule has 92 valence electrons. The molecular weight excluding hydrogens is 265 g/mol. The van der Waals surface area contributed by atoms with E-state index in [1.807, 2.05) is 74.5 Å². The monoisotopic (exact) mass is 285 g/mol. The van der Waals surface area contributed by atoms with Crippen LogP contribution in [-0.4, -0.2) is 17.5 Å². The second-order valence-corrected chi connectivity index (χ2v) is 3.50. The van der Waals surface area contributed by atoms with Crippen molar-refractivity contribution in [1.29, 1.82) is 0 Å². The van der Waals surface area contributed by atoms with Crippen LogP contribution in [0.2, 0.25) is 0 Å². The van der Waals surface area contributed by atoms with E-state index >= 15 is 0 Å². The van der Waals surface area contributed by atoms with Crippen LogP contribution in [0.4, 0.5) is 0 Å². The number of nitrogens with zero attached hydrogens (tertiary/aromatic N) is 1. The fourth-order valence-electron chi connectivity index (χ4n) is 0.865. The van der Waals surface area contributed by atoms with Gasteiger partial charge in [-0.3, -0.25) is 0 Å². The Kier molecular flexibility index (Phi) is 17.5. The Labute approximate surface area is 125 Å². The minimum Gasteiger partial charge on any atom is -0.221 e. The summed E-state index contributed by atoms with van der Waals surface area (Å²) in [6.07, 6.45) is 0. The van der Waals surface area contributed by atoms with Gasteiger partial charge in [-0.1, -0.05) is 13.8 Å². The molecule has 0 heterocycles. The van der Waals surface area contributed by atoms with Crippen molar-refractivity contribution in [3.63, 3.8) is 0 Å². The predicted molar refractivity (Wildman–Crippen MR) is 72.8 cm³/mol. The van der Waals surface area contributed by atoms with E-state index in [0.717, 1.165) is 13.1 Å². The van der Waals surface area contributed by atoms with Crippen LogP contribution < -0.4 is 0 Å². The Balaban J connectivity index is 0. The molecule has 2 rings (SSSR count). The second-order valence-electron chi connectivity index (χ2n) is 3.02. The van der Waals surface area contributed by atoms with Gasteiger partial charge in [0.1, 0.15) is 0 Å². The molecular formula is C14H20ClNTi. The van der Waals surface area contributed by atoms with Gasteiger partial charge in [0.05, 0.1) is 0 Å². The van der Waals surface area contributed by atoms with Crippen LogP contribution in [0.25, 0.3) is 0 Å². The summed E-state index contributed by atoms with van der Waals surface area (Å²) in [5.41, 5.74) is 0. The van der Waals surface area contributed by atoms with Gasteiger partial charge in [-0.25, -0.2) is 28.7 Å². The SMILES string of the molecule is CCN(Cl)CC.[Ti+2].c1cc[cH-]c1.c1cc[cH-]c1. The molecule has 0 atom stereocenters. The standard InChI is InChI=1S/2C5H5.C4H10ClN.Ti/c2*1-2-4-5-3-1;1-3-6(5)4-2;/h2*1-5H;3-4H2,1-2H3;/q2*-1;;+2. The second kappa shape index (κ2) is 15.7. The van der Waals surface area contributed by atoms with Crippen LogP contribution >= 0.6 is 11.8 Å². The molecule has 0 aromatic heterocycles. The molecule has 0 aliphatic heterocycles. The van der Waals surface area contributed by atoms with E-state index in [1.54, 1.807) is 4.42 Å². The van der Waals surface area contributed by atoms with Crippen LogP contribution in [0.5, 0.6) is 0 Å². The fourth-order valence-corrected chi connectivity index (χ4v) is 0.865. The maximum atomic E-state index is 5.48. The Bertz CT molecular complexity index is 214. The van der Waals surface area contributed by atoms with Crippen molar-refractivity contribution in [2.24, 2.45) is 0 Å². The Morgan fingerprint density at radius 3 is 1.18 bits per heavy atom. The van der Waals surface area contributed by atoms with Gasteiger partial charge in [0.15, 0.2) is 0 Å². The third-order valence-electron chi connectivity index (χ3n) is 1.80. The number of halogens is 1. The topological polar surface area (TPSA) is 3.24 Å². The smallest absolute Gasteiger partial charge is 0.221 e. The first-order valence-corrected chi connectivity index (χ1v) is 5.89. The van der Waals surface area contributed by atoms with E-state index in [1.165, 1.54) is 0 Å². The van der Waals surface area contributed by atoms with Crippen molar-refractivity contribution < 1.29 is 21.7 Å². The first-order chi connectivity index (χ1) is 7.81. The maximum Gasteiger partial charge on any atom is 2.00 e. The molecule has 0 aliphatic rings. The molecule has 0 saturated carbocycles. The average Bonchev–Trinajstić information content (AvgIpc) is 3.03. The minimum atomic E-state index is 0. The van der Waals surface area contributed by atoms with Crippen LogP contribution in [-0.2, 0) is 21.7 Å². The quantitative estimate of drug-likeness (QED) is 0.452. The molecule has 2 aromatic rings. The number of hydrogen-bond acceptors (Lipinski definition) is 1. The molecule has 0 unspecified atom stereocenters. The fraction of sp³-hybridized carbons (Fsp3) is 0.286. The number of rotatable bonds is 2. The third kappa shape index (κ3) is 15.7. The van der Waals surface area contributed by atoms with E-state index in [-0.39, 0.29) is 21.7 Å². The number of hydrogen-bond donors (Lipinski definition) is 0. The molecule has 0 fully saturated rings. The van der Waals surface area contributed by atoms with Gasteiger partial charge >= 0.3 is 21.7 Å². The average molecular weight is 286 g/mol. The van der Waals surface area contributed by atoms with Gasteiger partial charge in [-0.2, -0.15) is 36.4 Å². The van der Waals surface area contributed by atoms with Crippen LogP contribution in [0.1, 0.15) is 13.8 Å². The van der Waals surface area contributed by atoms with Crippen LogP contribution in [0, 0.1) is 0 Å². The van der Waals surface area contributed by atoms with Crippen molar-refractivity contribution in [3.8, 4) is 0 Å². The van der Waals surface area contributed by atoms with Crippen LogP contribution in [0.3, 0.4) is 0 Å². The zero-order chi connectivity index (χ0) is 12.1. The summed E-state index contributed by atoms with van der Waals surface area (Å²) in [4.78, 5) is 0. The third-order valence-corrected chi connectivity index (χ3v) is 2.28. The zero-order valence-corrected chi connectivity index (χ0v) is 12.8. The largest absolute Gasteiger partial charge is 2.00 e. The molecule has 3 heteroatoms. The molecule has 17 heavy (non-hydrogen) atoms. The van der Waals surface area contributed by atoms with Gasteiger partial charge < -0.3 is 0 Å². The molecule has 0 aliphatic carbocycles. The Morgan fingerprint density at radius 1 is 0.824 bits per heavy atom. The van der Waals surface area contributed by atoms with Gasteiger partial charge in [0, 0.05) is 13.1 Å². The molecule has 0 N–H and O–H groups in total. The van der Waals surface area contributed by atoms with E-state index < -0.39 is 0 Å². The van der Waals surface area contributed by atoms with Crippen molar-refractivity contribution in [2.45, 2.75) is 13.8 Å². The van der Waals surface area contributed by atoms with E-state index in [4.69, 9.17) is 11.8 Å². The summed E-state index contributed by atoms with van der Waals surface area (Å²) in [5, 5.41) is 0. The molecule has 2 aromatic carbocycles. The van der Waals surface area contributed by atoms with E-state index in [9.17, 15) is 0 Å². The summed E-state index contributed by atoms with van der Waals surface area (Å²) in [6, 6.07) is 20.0. The zero-order valence-electron chi connectivity index (χ0n) is 10.5. The van der Waals surface area contributed by atoms with Crippen molar-refractivity contribution in [3.05, 3.63) is 60.7 Å². The van der Waals surface area contributed by atoms with E-state index in [2.05, 4.69) is 0 Å². The Morgan fingerprint density at radius 2 is 1.12 bits per heavy atom. The van der Waals surface area contributed by atoms with Gasteiger partial charge in [-0.05, 0) is 11.8 Å². The molecule has 0 spiro atoms. The normalized spacial score (nSPS) is 8.24. The van der Waals surface area contributed by atoms with Crippen LogP contribution in [0.15, 0.2) is 60.7 Å². The molecule has 0 amide bonds. The predicted octanol–water partition coefficient (Wildman–Crippen LogP) is 4.29. The van der Waals surface area contributed by atoms with E-state index in [0.29, 0.717) is 0 Å². The van der Waals surface area contributed by atoms with Crippen molar-refractivity contribution >= 4 is 11.8 Å². The molecule has 0 radical (unpaired) electrons. The first kappa shape index (κ1) is 19.0. The summed E-state index contributed by atoms with van der Waals surface area (Å²) in [6.45, 7) is 5.91. The molecule has 1 nitrogen and oxygen atoms in total. The summed E-state index contributed by atoms with van der Waals surface area (Å²) in [5.74, 6) is 0. The summed E-state index contributed by atoms with van der Waals surface area (Å²) < 4.78 is 1.72.